The van der Waals surface area contributed by atoms with Gasteiger partial charge in [0, 0.05) is 11.8 Å². The van der Waals surface area contributed by atoms with E-state index in [4.69, 9.17) is 9.47 Å². The zero-order valence-electron chi connectivity index (χ0n) is 14.4. The molecule has 26 heavy (non-hydrogen) atoms. The molecule has 0 bridgehead atoms. The number of hydrogen-bond donors (Lipinski definition) is 2. The van der Waals surface area contributed by atoms with Crippen LogP contribution >= 0.6 is 11.8 Å². The lowest BCUT2D eigenvalue weighted by Crippen LogP contribution is -2.18. The smallest absolute Gasteiger partial charge is 0.234 e. The van der Waals surface area contributed by atoms with Crippen molar-refractivity contribution in [1.82, 2.24) is 0 Å². The second-order valence-corrected chi connectivity index (χ2v) is 6.15. The summed E-state index contributed by atoms with van der Waals surface area (Å²) in [4.78, 5) is 23.8. The molecule has 2 rings (SSSR count). The predicted octanol–water partition coefficient (Wildman–Crippen LogP) is 3.15. The molecule has 8 heteroatoms. The van der Waals surface area contributed by atoms with Crippen molar-refractivity contribution in [1.29, 1.82) is 0 Å². The third-order valence-corrected chi connectivity index (χ3v) is 4.21. The number of nitrogens with one attached hydrogen (secondary N) is 2. The van der Waals surface area contributed by atoms with Crippen molar-refractivity contribution in [3.05, 3.63) is 48.3 Å². The summed E-state index contributed by atoms with van der Waals surface area (Å²) < 4.78 is 23.1. The van der Waals surface area contributed by atoms with Crippen LogP contribution in [0.4, 0.5) is 15.8 Å². The molecule has 6 nitrogen and oxygen atoms in total. The Hall–Kier alpha value is -2.74. The number of anilines is 2. The van der Waals surface area contributed by atoms with E-state index >= 15 is 0 Å². The molecule has 2 N–H and O–H groups in total. The highest BCUT2D eigenvalue weighted by atomic mass is 32.2. The van der Waals surface area contributed by atoms with Crippen LogP contribution in [-0.4, -0.2) is 37.5 Å². The number of benzene rings is 2. The fraction of sp³-hybridized carbons (Fsp3) is 0.222. The Bertz CT molecular complexity index is 768. The maximum Gasteiger partial charge on any atom is 0.234 e. The molecule has 0 spiro atoms. The molecule has 0 aliphatic heterocycles. The van der Waals surface area contributed by atoms with Crippen LogP contribution in [-0.2, 0) is 9.59 Å². The number of carbonyl (C=O) groups excluding carboxylic acids is 2. The average Bonchev–Trinajstić information content (AvgIpc) is 2.64. The lowest BCUT2D eigenvalue weighted by Gasteiger charge is -2.11. The number of ether oxygens (including phenoxy) is 2. The highest BCUT2D eigenvalue weighted by molar-refractivity contribution is 8.00. The summed E-state index contributed by atoms with van der Waals surface area (Å²) in [7, 11) is 3.04. The number of hydrogen-bond acceptors (Lipinski definition) is 5. The van der Waals surface area contributed by atoms with E-state index < -0.39 is 0 Å². The van der Waals surface area contributed by atoms with Crippen LogP contribution in [0, 0.1) is 5.82 Å². The van der Waals surface area contributed by atoms with Crippen molar-refractivity contribution in [2.75, 3.05) is 36.4 Å². The van der Waals surface area contributed by atoms with Gasteiger partial charge in [-0.3, -0.25) is 9.59 Å². The van der Waals surface area contributed by atoms with Crippen molar-refractivity contribution in [3.63, 3.8) is 0 Å². The number of thioether (sulfide) groups is 1. The molecule has 0 aromatic heterocycles. The summed E-state index contributed by atoms with van der Waals surface area (Å²) in [6.07, 6.45) is 0. The molecule has 2 aromatic rings. The molecule has 0 aliphatic rings. The second kappa shape index (κ2) is 9.67. The highest BCUT2D eigenvalue weighted by Gasteiger charge is 2.10. The number of halogens is 1. The Morgan fingerprint density at radius 2 is 1.62 bits per heavy atom. The third-order valence-electron chi connectivity index (χ3n) is 3.28. The van der Waals surface area contributed by atoms with Crippen LogP contribution in [0.15, 0.2) is 42.5 Å². The lowest BCUT2D eigenvalue weighted by molar-refractivity contribution is -0.114. The summed E-state index contributed by atoms with van der Waals surface area (Å²) in [6.45, 7) is 0. The van der Waals surface area contributed by atoms with Crippen molar-refractivity contribution in [2.24, 2.45) is 0 Å². The first kappa shape index (κ1) is 19.6. The summed E-state index contributed by atoms with van der Waals surface area (Å²) in [5.41, 5.74) is 1.03. The van der Waals surface area contributed by atoms with E-state index in [1.165, 1.54) is 43.1 Å². The van der Waals surface area contributed by atoms with Gasteiger partial charge in [0.1, 0.15) is 17.3 Å². The van der Waals surface area contributed by atoms with Gasteiger partial charge in [0.15, 0.2) is 0 Å². The highest BCUT2D eigenvalue weighted by Crippen LogP contribution is 2.29. The number of amides is 2. The van der Waals surface area contributed by atoms with Gasteiger partial charge in [-0.05, 0) is 36.4 Å². The van der Waals surface area contributed by atoms with Gasteiger partial charge >= 0.3 is 0 Å². The van der Waals surface area contributed by atoms with Crippen molar-refractivity contribution >= 4 is 35.0 Å². The summed E-state index contributed by atoms with van der Waals surface area (Å²) in [5.74, 6) is 0.409. The molecule has 0 aliphatic carbocycles. The minimum atomic E-state index is -0.372. The maximum absolute atomic E-state index is 12.8. The minimum absolute atomic E-state index is 0.102. The van der Waals surface area contributed by atoms with Crippen LogP contribution in [0.25, 0.3) is 0 Å². The van der Waals surface area contributed by atoms with E-state index in [9.17, 15) is 14.0 Å². The van der Waals surface area contributed by atoms with E-state index in [0.717, 1.165) is 0 Å². The van der Waals surface area contributed by atoms with Crippen LogP contribution in [0.1, 0.15) is 0 Å². The normalized spacial score (nSPS) is 10.1. The second-order valence-electron chi connectivity index (χ2n) is 5.16. The monoisotopic (exact) mass is 378 g/mol. The fourth-order valence-corrected chi connectivity index (χ4v) is 2.67. The molecule has 0 heterocycles. The van der Waals surface area contributed by atoms with E-state index in [1.54, 1.807) is 25.3 Å². The van der Waals surface area contributed by atoms with Gasteiger partial charge in [0.05, 0.1) is 31.4 Å². The van der Waals surface area contributed by atoms with E-state index in [0.29, 0.717) is 22.9 Å². The quantitative estimate of drug-likeness (QED) is 0.738. The Morgan fingerprint density at radius 1 is 0.962 bits per heavy atom. The maximum atomic E-state index is 12.8. The van der Waals surface area contributed by atoms with Gasteiger partial charge in [-0.25, -0.2) is 4.39 Å². The van der Waals surface area contributed by atoms with Gasteiger partial charge in [0.25, 0.3) is 0 Å². The molecule has 0 fully saturated rings. The third kappa shape index (κ3) is 5.96. The first-order valence-corrected chi connectivity index (χ1v) is 8.82. The topological polar surface area (TPSA) is 76.7 Å². The van der Waals surface area contributed by atoms with Gasteiger partial charge in [0.2, 0.25) is 11.8 Å². The zero-order chi connectivity index (χ0) is 18.9. The Morgan fingerprint density at radius 3 is 2.23 bits per heavy atom. The largest absolute Gasteiger partial charge is 0.497 e. The molecule has 0 radical (unpaired) electrons. The van der Waals surface area contributed by atoms with E-state index in [1.807, 2.05) is 0 Å². The molecular formula is C18H19FN2O4S. The molecule has 2 amide bonds. The van der Waals surface area contributed by atoms with Crippen molar-refractivity contribution in [3.8, 4) is 11.5 Å². The first-order chi connectivity index (χ1) is 12.5. The van der Waals surface area contributed by atoms with Crippen LogP contribution in [0.2, 0.25) is 0 Å². The van der Waals surface area contributed by atoms with Gasteiger partial charge in [-0.2, -0.15) is 0 Å². The van der Waals surface area contributed by atoms with E-state index in [-0.39, 0.29) is 29.1 Å². The molecular weight excluding hydrogens is 359 g/mol. The minimum Gasteiger partial charge on any atom is -0.497 e. The van der Waals surface area contributed by atoms with Gasteiger partial charge in [-0.15, -0.1) is 11.8 Å². The zero-order valence-corrected chi connectivity index (χ0v) is 15.2. The molecule has 138 valence electrons. The molecule has 0 unspecified atom stereocenters. The van der Waals surface area contributed by atoms with Gasteiger partial charge < -0.3 is 20.1 Å². The summed E-state index contributed by atoms with van der Waals surface area (Å²) >= 11 is 1.17. The fourth-order valence-electron chi connectivity index (χ4n) is 2.05. The van der Waals surface area contributed by atoms with Crippen LogP contribution < -0.4 is 20.1 Å². The summed E-state index contributed by atoms with van der Waals surface area (Å²) in [5, 5.41) is 5.36. The van der Waals surface area contributed by atoms with Gasteiger partial charge in [-0.1, -0.05) is 0 Å². The number of methoxy groups -OCH3 is 2. The number of rotatable bonds is 8. The molecule has 0 atom stereocenters. The lowest BCUT2D eigenvalue weighted by atomic mass is 10.2. The van der Waals surface area contributed by atoms with Crippen molar-refractivity contribution in [2.45, 2.75) is 0 Å². The molecule has 0 saturated heterocycles. The Balaban J connectivity index is 1.78. The average molecular weight is 378 g/mol. The SMILES string of the molecule is COc1ccc(NC(=O)CSCC(=O)Nc2ccc(F)cc2)c(OC)c1. The van der Waals surface area contributed by atoms with Crippen LogP contribution in [0.3, 0.4) is 0 Å². The first-order valence-electron chi connectivity index (χ1n) is 7.67. The van der Waals surface area contributed by atoms with E-state index in [2.05, 4.69) is 10.6 Å². The van der Waals surface area contributed by atoms with Crippen LogP contribution in [0.5, 0.6) is 11.5 Å². The Kier molecular flexibility index (Phi) is 7.28. The number of carbonyl (C=O) groups is 2. The Labute approximate surface area is 155 Å². The van der Waals surface area contributed by atoms with Crippen molar-refractivity contribution < 1.29 is 23.5 Å². The molecule has 0 saturated carbocycles. The standard InChI is InChI=1S/C18H19FN2O4S/c1-24-14-7-8-15(16(9-14)25-2)21-18(23)11-26-10-17(22)20-13-5-3-12(19)4-6-13/h3-9H,10-11H2,1-2H3,(H,20,22)(H,21,23). The predicted molar refractivity (Wildman–Crippen MR) is 101 cm³/mol. The molecule has 2 aromatic carbocycles. The summed E-state index contributed by atoms with van der Waals surface area (Å²) in [6, 6.07) is 10.5.